The van der Waals surface area contributed by atoms with Gasteiger partial charge in [0.2, 0.25) is 0 Å². The number of unbranched alkanes of at least 4 members (excludes halogenated alkanes) is 1. The smallest absolute Gasteiger partial charge is 0.122 e. The van der Waals surface area contributed by atoms with E-state index in [0.29, 0.717) is 11.8 Å². The molecule has 0 fully saturated rings. The summed E-state index contributed by atoms with van der Waals surface area (Å²) in [4.78, 5) is 2.37. The number of phenols is 1. The summed E-state index contributed by atoms with van der Waals surface area (Å²) in [5, 5.41) is 10.1. The van der Waals surface area contributed by atoms with Crippen LogP contribution >= 0.6 is 0 Å². The van der Waals surface area contributed by atoms with Gasteiger partial charge in [0.25, 0.3) is 0 Å². The lowest BCUT2D eigenvalue weighted by Gasteiger charge is -2.31. The molecule has 0 spiro atoms. The molecule has 1 aromatic carbocycles. The van der Waals surface area contributed by atoms with Crippen LogP contribution in [0.4, 0.5) is 5.69 Å². The minimum Gasteiger partial charge on any atom is -0.508 e. The summed E-state index contributed by atoms with van der Waals surface area (Å²) in [5.74, 6) is 0.303. The van der Waals surface area contributed by atoms with Gasteiger partial charge in [0, 0.05) is 35.9 Å². The molecule has 3 N–H and O–H groups in total. The predicted molar refractivity (Wildman–Crippen MR) is 82.7 cm³/mol. The van der Waals surface area contributed by atoms with Crippen molar-refractivity contribution >= 4 is 5.69 Å². The Labute approximate surface area is 117 Å². The number of phenolic OH excluding ortho intramolecular Hbond substituents is 1. The molecule has 0 bridgehead atoms. The van der Waals surface area contributed by atoms with Crippen LogP contribution in [0.2, 0.25) is 0 Å². The first-order chi connectivity index (χ1) is 9.01. The molecule has 19 heavy (non-hydrogen) atoms. The Morgan fingerprint density at radius 1 is 1.26 bits per heavy atom. The molecule has 3 nitrogen and oxygen atoms in total. The van der Waals surface area contributed by atoms with Gasteiger partial charge in [-0.1, -0.05) is 26.3 Å². The van der Waals surface area contributed by atoms with Crippen LogP contribution in [-0.4, -0.2) is 17.7 Å². The molecule has 3 heteroatoms. The molecule has 0 radical (unpaired) electrons. The largest absolute Gasteiger partial charge is 0.508 e. The van der Waals surface area contributed by atoms with Crippen molar-refractivity contribution < 1.29 is 5.11 Å². The topological polar surface area (TPSA) is 49.5 Å². The molecular formula is C16H28N2O. The van der Waals surface area contributed by atoms with Gasteiger partial charge in [-0.05, 0) is 32.8 Å². The molecule has 0 heterocycles. The van der Waals surface area contributed by atoms with Gasteiger partial charge in [0.1, 0.15) is 5.75 Å². The van der Waals surface area contributed by atoms with Crippen LogP contribution in [0.15, 0.2) is 18.2 Å². The number of hydrogen-bond donors (Lipinski definition) is 2. The molecule has 1 aromatic rings. The van der Waals surface area contributed by atoms with Gasteiger partial charge in [-0.3, -0.25) is 0 Å². The van der Waals surface area contributed by atoms with Gasteiger partial charge in [-0.25, -0.2) is 0 Å². The second-order valence-corrected chi connectivity index (χ2v) is 5.34. The van der Waals surface area contributed by atoms with Crippen LogP contribution in [0.5, 0.6) is 5.75 Å². The van der Waals surface area contributed by atoms with Gasteiger partial charge in [0.05, 0.1) is 0 Å². The summed E-state index contributed by atoms with van der Waals surface area (Å²) in [5.41, 5.74) is 7.73. The van der Waals surface area contributed by atoms with E-state index in [0.717, 1.165) is 24.2 Å². The van der Waals surface area contributed by atoms with Crippen LogP contribution in [-0.2, 0) is 0 Å². The van der Waals surface area contributed by atoms with E-state index in [-0.39, 0.29) is 6.04 Å². The van der Waals surface area contributed by atoms with Crippen molar-refractivity contribution in [1.82, 2.24) is 0 Å². The normalized spacial score (nSPS) is 14.2. The fourth-order valence-corrected chi connectivity index (χ4v) is 2.25. The van der Waals surface area contributed by atoms with Crippen molar-refractivity contribution in [3.63, 3.8) is 0 Å². The Morgan fingerprint density at radius 2 is 1.95 bits per heavy atom. The van der Waals surface area contributed by atoms with Crippen LogP contribution in [0.3, 0.4) is 0 Å². The van der Waals surface area contributed by atoms with E-state index in [1.807, 2.05) is 19.1 Å². The number of anilines is 1. The van der Waals surface area contributed by atoms with Crippen molar-refractivity contribution in [3.8, 4) is 5.75 Å². The minimum absolute atomic E-state index is 0.137. The number of rotatable bonds is 7. The second kappa shape index (κ2) is 7.39. The van der Waals surface area contributed by atoms with E-state index in [2.05, 4.69) is 31.7 Å². The molecule has 0 aliphatic heterocycles. The molecule has 0 aliphatic carbocycles. The van der Waals surface area contributed by atoms with Crippen molar-refractivity contribution in [2.24, 2.45) is 5.73 Å². The number of nitrogens with zero attached hydrogens (tertiary/aromatic N) is 1. The average Bonchev–Trinajstić information content (AvgIpc) is 2.38. The summed E-state index contributed by atoms with van der Waals surface area (Å²) in [6.07, 6.45) is 3.44. The molecule has 2 unspecified atom stereocenters. The number of benzene rings is 1. The summed E-state index contributed by atoms with van der Waals surface area (Å²) in [6, 6.07) is 6.20. The van der Waals surface area contributed by atoms with Crippen molar-refractivity contribution in [2.45, 2.75) is 59.0 Å². The zero-order valence-corrected chi connectivity index (χ0v) is 12.7. The molecule has 108 valence electrons. The van der Waals surface area contributed by atoms with Crippen LogP contribution < -0.4 is 10.6 Å². The fourth-order valence-electron chi connectivity index (χ4n) is 2.25. The summed E-state index contributed by atoms with van der Waals surface area (Å²) >= 11 is 0. The predicted octanol–water partition coefficient (Wildman–Crippen LogP) is 3.82. The number of aromatic hydroxyl groups is 1. The molecule has 0 aliphatic rings. The number of hydrogen-bond acceptors (Lipinski definition) is 3. The summed E-state index contributed by atoms with van der Waals surface area (Å²) in [7, 11) is 0. The first-order valence-corrected chi connectivity index (χ1v) is 7.36. The first kappa shape index (κ1) is 15.8. The quantitative estimate of drug-likeness (QED) is 0.787. The molecular weight excluding hydrogens is 236 g/mol. The third kappa shape index (κ3) is 4.13. The lowest BCUT2D eigenvalue weighted by molar-refractivity contribution is 0.463. The third-order valence-electron chi connectivity index (χ3n) is 3.71. The zero-order chi connectivity index (χ0) is 14.4. The van der Waals surface area contributed by atoms with Crippen LogP contribution in [0, 0.1) is 0 Å². The maximum absolute atomic E-state index is 10.1. The van der Waals surface area contributed by atoms with Crippen LogP contribution in [0.25, 0.3) is 0 Å². The molecule has 2 atom stereocenters. The lowest BCUT2D eigenvalue weighted by atomic mass is 10.1. The third-order valence-corrected chi connectivity index (χ3v) is 3.71. The van der Waals surface area contributed by atoms with Gasteiger partial charge >= 0.3 is 0 Å². The molecule has 0 aromatic heterocycles. The SMILES string of the molecule is CCCCN(c1ccc(C(C)N)c(O)c1)C(C)CC. The maximum Gasteiger partial charge on any atom is 0.122 e. The van der Waals surface area contributed by atoms with Crippen molar-refractivity contribution in [3.05, 3.63) is 23.8 Å². The zero-order valence-electron chi connectivity index (χ0n) is 12.7. The summed E-state index contributed by atoms with van der Waals surface area (Å²) < 4.78 is 0. The first-order valence-electron chi connectivity index (χ1n) is 7.36. The van der Waals surface area contributed by atoms with E-state index in [4.69, 9.17) is 5.73 Å². The summed E-state index contributed by atoms with van der Waals surface area (Å²) in [6.45, 7) is 9.54. The van der Waals surface area contributed by atoms with E-state index >= 15 is 0 Å². The highest BCUT2D eigenvalue weighted by atomic mass is 16.3. The minimum atomic E-state index is -0.137. The maximum atomic E-state index is 10.1. The Bertz CT molecular complexity index is 390. The monoisotopic (exact) mass is 264 g/mol. The number of nitrogens with two attached hydrogens (primary N) is 1. The highest BCUT2D eigenvalue weighted by molar-refractivity contribution is 5.54. The second-order valence-electron chi connectivity index (χ2n) is 5.34. The van der Waals surface area contributed by atoms with Crippen LogP contribution in [0.1, 0.15) is 58.6 Å². The van der Waals surface area contributed by atoms with Crippen molar-refractivity contribution in [2.75, 3.05) is 11.4 Å². The Morgan fingerprint density at radius 3 is 2.42 bits per heavy atom. The van der Waals surface area contributed by atoms with Gasteiger partial charge < -0.3 is 15.7 Å². The molecule has 0 saturated heterocycles. The highest BCUT2D eigenvalue weighted by Crippen LogP contribution is 2.29. The molecule has 0 amide bonds. The Kier molecular flexibility index (Phi) is 6.16. The van der Waals surface area contributed by atoms with Gasteiger partial charge in [-0.2, -0.15) is 0 Å². The lowest BCUT2D eigenvalue weighted by Crippen LogP contribution is -2.33. The fraction of sp³-hybridized carbons (Fsp3) is 0.625. The standard InChI is InChI=1S/C16H28N2O/c1-5-7-10-18(12(3)6-2)14-8-9-15(13(4)17)16(19)11-14/h8-9,11-13,19H,5-7,10,17H2,1-4H3. The molecule has 0 saturated carbocycles. The molecule has 1 rings (SSSR count). The average molecular weight is 264 g/mol. The van der Waals surface area contributed by atoms with Gasteiger partial charge in [-0.15, -0.1) is 0 Å². The van der Waals surface area contributed by atoms with Gasteiger partial charge in [0.15, 0.2) is 0 Å². The van der Waals surface area contributed by atoms with E-state index in [9.17, 15) is 5.11 Å². The Balaban J connectivity index is 2.99. The van der Waals surface area contributed by atoms with Crippen molar-refractivity contribution in [1.29, 1.82) is 0 Å². The van der Waals surface area contributed by atoms with E-state index < -0.39 is 0 Å². The van der Waals surface area contributed by atoms with E-state index in [1.54, 1.807) is 0 Å². The van der Waals surface area contributed by atoms with E-state index in [1.165, 1.54) is 12.8 Å². The Hall–Kier alpha value is -1.22. The highest BCUT2D eigenvalue weighted by Gasteiger charge is 2.15.